The molecule has 53 heavy (non-hydrogen) atoms. The second kappa shape index (κ2) is 18.5. The molecule has 14 nitrogen and oxygen atoms in total. The molecule has 0 amide bonds. The zero-order valence-corrected chi connectivity index (χ0v) is 35.1. The van der Waals surface area contributed by atoms with E-state index in [2.05, 4.69) is 11.8 Å². The van der Waals surface area contributed by atoms with Gasteiger partial charge in [-0.15, -0.1) is 0 Å². The van der Waals surface area contributed by atoms with Crippen molar-refractivity contribution in [2.75, 3.05) is 41.9 Å². The van der Waals surface area contributed by atoms with Crippen molar-refractivity contribution in [1.82, 2.24) is 9.80 Å². The van der Waals surface area contributed by atoms with Gasteiger partial charge in [0.15, 0.2) is 12.6 Å². The summed E-state index contributed by atoms with van der Waals surface area (Å²) < 4.78 is 44.5. The Hall–Kier alpha value is -1.01. The van der Waals surface area contributed by atoms with Crippen molar-refractivity contribution in [3.05, 3.63) is 0 Å². The Morgan fingerprint density at radius 3 is 2.06 bits per heavy atom. The highest BCUT2D eigenvalue weighted by atomic mass is 16.7. The number of carbonyl (C=O) groups is 1. The molecule has 18 atom stereocenters. The summed E-state index contributed by atoms with van der Waals surface area (Å²) in [5, 5.41) is 45.9. The van der Waals surface area contributed by atoms with Crippen LogP contribution in [-0.2, 0) is 38.0 Å². The van der Waals surface area contributed by atoms with Crippen LogP contribution < -0.4 is 0 Å². The van der Waals surface area contributed by atoms with Crippen molar-refractivity contribution < 1.29 is 58.4 Å². The number of aliphatic hydroxyl groups excluding tert-OH is 3. The molecule has 3 saturated heterocycles. The molecule has 0 radical (unpaired) electrons. The first-order valence-electron chi connectivity index (χ1n) is 19.5. The summed E-state index contributed by atoms with van der Waals surface area (Å²) in [5.41, 5.74) is -3.79. The summed E-state index contributed by atoms with van der Waals surface area (Å²) in [4.78, 5) is 18.4. The van der Waals surface area contributed by atoms with E-state index < -0.39 is 95.8 Å². The Kier molecular flexibility index (Phi) is 16.2. The first kappa shape index (κ1) is 46.4. The Balaban J connectivity index is 2.22. The van der Waals surface area contributed by atoms with Crippen LogP contribution in [0.1, 0.15) is 94.9 Å². The molecule has 3 aliphatic rings. The van der Waals surface area contributed by atoms with E-state index in [9.17, 15) is 25.2 Å². The van der Waals surface area contributed by atoms with Gasteiger partial charge in [0.05, 0.1) is 47.6 Å². The number of hydrogen-bond donors (Lipinski definition) is 4. The SMILES string of the molecule is CC[C@H]1OC(=O)[C@H](C)C(OC2CC(C)(OC)C(O)[C@H](C)O2)[C@H](C)C(OC2O[C@H](C)CC(N(C)C)C2O)C(C)(OC)C[C@@H](C)N(C)C[C@H](C)C(O)C1(C)O. The lowest BCUT2D eigenvalue weighted by Crippen LogP contribution is -2.61. The topological polar surface area (TPSA) is 169 Å². The molecule has 14 heteroatoms. The van der Waals surface area contributed by atoms with Crippen molar-refractivity contribution >= 4 is 5.97 Å². The highest BCUT2D eigenvalue weighted by molar-refractivity contribution is 5.73. The van der Waals surface area contributed by atoms with E-state index in [1.54, 1.807) is 34.8 Å². The number of carbonyl (C=O) groups excluding carboxylic acids is 1. The van der Waals surface area contributed by atoms with Crippen LogP contribution in [0.3, 0.4) is 0 Å². The summed E-state index contributed by atoms with van der Waals surface area (Å²) in [5.74, 6) is -2.61. The molecule has 0 bridgehead atoms. The van der Waals surface area contributed by atoms with Crippen LogP contribution in [0.2, 0.25) is 0 Å². The normalized spacial score (nSPS) is 48.9. The van der Waals surface area contributed by atoms with Crippen LogP contribution in [0.5, 0.6) is 0 Å². The van der Waals surface area contributed by atoms with Crippen LogP contribution in [0.15, 0.2) is 0 Å². The molecule has 11 unspecified atom stereocenters. The van der Waals surface area contributed by atoms with E-state index in [1.807, 2.05) is 53.7 Å². The fraction of sp³-hybridized carbons (Fsp3) is 0.974. The second-order valence-electron chi connectivity index (χ2n) is 17.3. The molecule has 3 aliphatic heterocycles. The van der Waals surface area contributed by atoms with Gasteiger partial charge in [0.25, 0.3) is 0 Å². The van der Waals surface area contributed by atoms with Crippen molar-refractivity contribution in [1.29, 1.82) is 0 Å². The molecule has 0 spiro atoms. The minimum atomic E-state index is -1.76. The highest BCUT2D eigenvalue weighted by Gasteiger charge is 2.53. The molecule has 0 aliphatic carbocycles. The number of aliphatic hydroxyl groups is 4. The minimum absolute atomic E-state index is 0.114. The summed E-state index contributed by atoms with van der Waals surface area (Å²) in [7, 11) is 8.94. The van der Waals surface area contributed by atoms with Crippen LogP contribution >= 0.6 is 0 Å². The van der Waals surface area contributed by atoms with Crippen LogP contribution in [0.25, 0.3) is 0 Å². The average Bonchev–Trinajstić information content (AvgIpc) is 3.09. The number of hydrogen-bond acceptors (Lipinski definition) is 14. The summed E-state index contributed by atoms with van der Waals surface area (Å²) in [6, 6.07) is -0.347. The third kappa shape index (κ3) is 10.3. The monoisotopic (exact) mass is 763 g/mol. The van der Waals surface area contributed by atoms with E-state index in [0.29, 0.717) is 19.4 Å². The zero-order chi connectivity index (χ0) is 40.4. The van der Waals surface area contributed by atoms with E-state index >= 15 is 0 Å². The Bertz CT molecular complexity index is 1160. The van der Waals surface area contributed by atoms with Crippen LogP contribution in [0, 0.1) is 17.8 Å². The molecule has 0 aromatic rings. The van der Waals surface area contributed by atoms with Gasteiger partial charge < -0.3 is 63.4 Å². The lowest BCUT2D eigenvalue weighted by Gasteiger charge is -2.49. The third-order valence-electron chi connectivity index (χ3n) is 12.7. The molecule has 3 heterocycles. The van der Waals surface area contributed by atoms with E-state index in [4.69, 9.17) is 33.2 Å². The smallest absolute Gasteiger partial charge is 0.311 e. The van der Waals surface area contributed by atoms with Crippen molar-refractivity contribution in [3.63, 3.8) is 0 Å². The van der Waals surface area contributed by atoms with Crippen LogP contribution in [0.4, 0.5) is 0 Å². The Morgan fingerprint density at radius 2 is 1.51 bits per heavy atom. The van der Waals surface area contributed by atoms with Gasteiger partial charge in [0.1, 0.15) is 23.9 Å². The molecule has 0 aromatic carbocycles. The second-order valence-corrected chi connectivity index (χ2v) is 17.3. The Morgan fingerprint density at radius 1 is 0.906 bits per heavy atom. The number of rotatable bonds is 8. The lowest BCUT2D eigenvalue weighted by atomic mass is 9.78. The van der Waals surface area contributed by atoms with Gasteiger partial charge in [0, 0.05) is 45.2 Å². The predicted octanol–water partition coefficient (Wildman–Crippen LogP) is 2.55. The Labute approximate surface area is 318 Å². The number of esters is 1. The molecule has 312 valence electrons. The minimum Gasteiger partial charge on any atom is -0.459 e. The van der Waals surface area contributed by atoms with E-state index in [0.717, 1.165) is 0 Å². The fourth-order valence-electron chi connectivity index (χ4n) is 8.82. The van der Waals surface area contributed by atoms with Crippen molar-refractivity contribution in [3.8, 4) is 0 Å². The van der Waals surface area contributed by atoms with Crippen LogP contribution in [-0.4, -0.2) is 168 Å². The molecular formula is C39H74N2O12. The number of nitrogens with zero attached hydrogens (tertiary/aromatic N) is 2. The number of cyclic esters (lactones) is 1. The number of methoxy groups -OCH3 is 2. The molecule has 3 fully saturated rings. The molecular weight excluding hydrogens is 688 g/mol. The summed E-state index contributed by atoms with van der Waals surface area (Å²) in [6.45, 7) is 18.7. The van der Waals surface area contributed by atoms with Gasteiger partial charge in [-0.1, -0.05) is 20.8 Å². The predicted molar refractivity (Wildman–Crippen MR) is 199 cm³/mol. The van der Waals surface area contributed by atoms with E-state index in [1.165, 1.54) is 14.0 Å². The van der Waals surface area contributed by atoms with Gasteiger partial charge in [-0.25, -0.2) is 0 Å². The maximum atomic E-state index is 14.3. The number of likely N-dealkylation sites (N-methyl/N-ethyl adjacent to an activating group) is 1. The molecule has 0 saturated carbocycles. The largest absolute Gasteiger partial charge is 0.459 e. The highest BCUT2D eigenvalue weighted by Crippen LogP contribution is 2.41. The fourth-order valence-corrected chi connectivity index (χ4v) is 8.82. The van der Waals surface area contributed by atoms with Gasteiger partial charge >= 0.3 is 5.97 Å². The molecule has 4 N–H and O–H groups in total. The van der Waals surface area contributed by atoms with Crippen molar-refractivity contribution in [2.45, 2.75) is 185 Å². The maximum absolute atomic E-state index is 14.3. The quantitative estimate of drug-likeness (QED) is 0.266. The van der Waals surface area contributed by atoms with Gasteiger partial charge in [-0.3, -0.25) is 4.79 Å². The standard InChI is InChI=1S/C39H74N2O12/c1-16-28-39(10,46)32(43)21(2)20-41(13)22(3)18-38(9,48-15)34(53-36-30(42)27(40(11)12)17-23(4)49-36)24(5)31(25(6)35(45)51-28)52-29-19-37(8,47-14)33(44)26(7)50-29/h21-34,36,42-44,46H,16-20H2,1-15H3/t21-,22+,23+,24-,25+,26-,27?,28+,29?,30?,31?,32?,33?,34?,36?,37?,38?,39?/m0/s1. The molecule has 3 rings (SSSR count). The first-order valence-corrected chi connectivity index (χ1v) is 19.5. The third-order valence-corrected chi connectivity index (χ3v) is 12.7. The van der Waals surface area contributed by atoms with Crippen molar-refractivity contribution in [2.24, 2.45) is 17.8 Å². The maximum Gasteiger partial charge on any atom is 0.311 e. The average molecular weight is 763 g/mol. The lowest BCUT2D eigenvalue weighted by molar-refractivity contribution is -0.319. The van der Waals surface area contributed by atoms with Gasteiger partial charge in [0.2, 0.25) is 0 Å². The first-order chi connectivity index (χ1) is 24.5. The van der Waals surface area contributed by atoms with Gasteiger partial charge in [-0.2, -0.15) is 0 Å². The number of ether oxygens (including phenoxy) is 7. The van der Waals surface area contributed by atoms with Gasteiger partial charge in [-0.05, 0) is 94.8 Å². The molecule has 0 aromatic heterocycles. The van der Waals surface area contributed by atoms with E-state index in [-0.39, 0.29) is 31.0 Å². The summed E-state index contributed by atoms with van der Waals surface area (Å²) in [6.07, 6.45) is -7.23. The summed E-state index contributed by atoms with van der Waals surface area (Å²) >= 11 is 0. The zero-order valence-electron chi connectivity index (χ0n) is 35.1.